The van der Waals surface area contributed by atoms with Crippen LogP contribution in [0.5, 0.6) is 0 Å². The zero-order chi connectivity index (χ0) is 31.5. The molecule has 0 saturated heterocycles. The number of fused-ring (bicyclic) bond motifs is 1. The molecule has 12 nitrogen and oxygen atoms in total. The number of carbonyl (C=O) groups is 2. The number of nitrogens with zero attached hydrogens (tertiary/aromatic N) is 2. The molecule has 0 saturated carbocycles. The Morgan fingerprint density at radius 1 is 0.952 bits per heavy atom. The molecule has 3 rings (SSSR count). The molecule has 2 heterocycles. The summed E-state index contributed by atoms with van der Waals surface area (Å²) in [6, 6.07) is 2.68. The van der Waals surface area contributed by atoms with Gasteiger partial charge in [0, 0.05) is 22.9 Å². The number of halogens is 2. The number of anilines is 2. The summed E-state index contributed by atoms with van der Waals surface area (Å²) in [5.74, 6) is -6.01. The lowest BCUT2D eigenvalue weighted by molar-refractivity contribution is 0.101. The van der Waals surface area contributed by atoms with E-state index in [0.29, 0.717) is 18.9 Å². The molecule has 42 heavy (non-hydrogen) atoms. The van der Waals surface area contributed by atoms with Gasteiger partial charge in [0.05, 0.1) is 34.8 Å². The van der Waals surface area contributed by atoms with E-state index in [1.165, 1.54) is 13.0 Å². The van der Waals surface area contributed by atoms with E-state index in [2.05, 4.69) is 10.3 Å². The number of sulfonamides is 1. The minimum atomic E-state index is -4.26. The second-order valence-electron chi connectivity index (χ2n) is 9.47. The molecule has 17 heteroatoms. The molecule has 0 aliphatic heterocycles. The molecular formula is C25H30F2N4O8S3. The van der Waals surface area contributed by atoms with Crippen molar-refractivity contribution in [2.45, 2.75) is 40.0 Å². The maximum absolute atomic E-state index is 15.2. The summed E-state index contributed by atoms with van der Waals surface area (Å²) in [7, 11) is -11.6. The Morgan fingerprint density at radius 2 is 1.62 bits per heavy atom. The van der Waals surface area contributed by atoms with Crippen molar-refractivity contribution in [2.24, 2.45) is 0 Å². The number of nitrogens with one attached hydrogen (secondary N) is 2. The molecule has 0 spiro atoms. The number of carbonyl (C=O) groups excluding carboxylic acids is 2. The van der Waals surface area contributed by atoms with Gasteiger partial charge in [0.15, 0.2) is 17.2 Å². The van der Waals surface area contributed by atoms with Crippen LogP contribution in [0.4, 0.5) is 20.2 Å². The number of aromatic nitrogens is 2. The third-order valence-corrected chi connectivity index (χ3v) is 11.1. The number of benzene rings is 1. The maximum Gasteiger partial charge on any atom is 0.261 e. The van der Waals surface area contributed by atoms with E-state index in [0.717, 1.165) is 22.4 Å². The minimum absolute atomic E-state index is 0.00969. The van der Waals surface area contributed by atoms with Crippen LogP contribution in [0.2, 0.25) is 0 Å². The molecule has 2 N–H and O–H groups in total. The second-order valence-corrected chi connectivity index (χ2v) is 15.6. The Balaban J connectivity index is 1.88. The first-order valence-corrected chi connectivity index (χ1v) is 17.9. The molecule has 0 fully saturated rings. The highest BCUT2D eigenvalue weighted by molar-refractivity contribution is 7.93. The molecule has 0 radical (unpaired) electrons. The van der Waals surface area contributed by atoms with E-state index in [4.69, 9.17) is 0 Å². The normalized spacial score (nSPS) is 12.4. The first-order chi connectivity index (χ1) is 19.5. The highest BCUT2D eigenvalue weighted by Gasteiger charge is 2.25. The van der Waals surface area contributed by atoms with Crippen LogP contribution in [0.3, 0.4) is 0 Å². The monoisotopic (exact) mass is 648 g/mol. The van der Waals surface area contributed by atoms with Crippen LogP contribution in [-0.2, 0) is 29.9 Å². The van der Waals surface area contributed by atoms with Gasteiger partial charge >= 0.3 is 0 Å². The highest BCUT2D eigenvalue weighted by Crippen LogP contribution is 2.27. The average Bonchev–Trinajstić information content (AvgIpc) is 3.26. The third kappa shape index (κ3) is 7.69. The van der Waals surface area contributed by atoms with Gasteiger partial charge in [0.1, 0.15) is 21.2 Å². The molecule has 0 aliphatic carbocycles. The van der Waals surface area contributed by atoms with Gasteiger partial charge in [-0.3, -0.25) is 14.3 Å². The number of rotatable bonds is 14. The number of hydrogen-bond donors (Lipinski definition) is 2. The minimum Gasteiger partial charge on any atom is -0.320 e. The van der Waals surface area contributed by atoms with E-state index in [-0.39, 0.29) is 46.0 Å². The molecule has 1 aromatic carbocycles. The van der Waals surface area contributed by atoms with Crippen molar-refractivity contribution in [3.05, 3.63) is 53.4 Å². The van der Waals surface area contributed by atoms with Crippen molar-refractivity contribution in [2.75, 3.05) is 33.1 Å². The smallest absolute Gasteiger partial charge is 0.261 e. The summed E-state index contributed by atoms with van der Waals surface area (Å²) in [5, 5.41) is 2.30. The van der Waals surface area contributed by atoms with Crippen LogP contribution in [0.1, 0.15) is 60.7 Å². The highest BCUT2D eigenvalue weighted by atomic mass is 32.2. The standard InChI is InChI=1S/C25H30F2N4O8S3/c1-4-9-40(34,35)11-6-12-41(36,37)30-21-8-7-20(26)22(23(21)27)25(33)29-17-13-18-19(16(3)32)15-31(24(18)28-14-17)42(38,39)10-5-2/h7-8,13-15,30H,4-6,9-12H2,1-3H3,(H,29,33). The molecule has 2 aromatic heterocycles. The van der Waals surface area contributed by atoms with E-state index >= 15 is 4.39 Å². The van der Waals surface area contributed by atoms with Gasteiger partial charge in [-0.2, -0.15) is 0 Å². The summed E-state index contributed by atoms with van der Waals surface area (Å²) in [5.41, 5.74) is -2.08. The van der Waals surface area contributed by atoms with Crippen molar-refractivity contribution in [3.8, 4) is 0 Å². The molecule has 0 atom stereocenters. The van der Waals surface area contributed by atoms with Gasteiger partial charge in [-0.1, -0.05) is 13.8 Å². The number of sulfone groups is 1. The van der Waals surface area contributed by atoms with Crippen molar-refractivity contribution < 1.29 is 43.6 Å². The lowest BCUT2D eigenvalue weighted by atomic mass is 10.1. The Kier molecular flexibility index (Phi) is 10.1. The summed E-state index contributed by atoms with van der Waals surface area (Å²) < 4.78 is 106. The largest absolute Gasteiger partial charge is 0.320 e. The molecule has 0 aliphatic rings. The van der Waals surface area contributed by atoms with Gasteiger partial charge in [0.25, 0.3) is 5.91 Å². The zero-order valence-electron chi connectivity index (χ0n) is 23.0. The predicted molar refractivity (Wildman–Crippen MR) is 154 cm³/mol. The Hall–Kier alpha value is -3.44. The van der Waals surface area contributed by atoms with Crippen molar-refractivity contribution in [1.82, 2.24) is 8.96 Å². The van der Waals surface area contributed by atoms with E-state index < -0.39 is 70.2 Å². The molecule has 0 bridgehead atoms. The fraction of sp³-hybridized carbons (Fsp3) is 0.400. The Labute approximate surface area is 242 Å². The number of pyridine rings is 1. The first-order valence-electron chi connectivity index (χ1n) is 12.8. The van der Waals surface area contributed by atoms with Crippen LogP contribution in [0.25, 0.3) is 11.0 Å². The van der Waals surface area contributed by atoms with Crippen LogP contribution >= 0.6 is 0 Å². The van der Waals surface area contributed by atoms with Crippen molar-refractivity contribution in [1.29, 1.82) is 0 Å². The Bertz CT molecular complexity index is 1860. The number of ketones is 1. The fourth-order valence-corrected chi connectivity index (χ4v) is 8.23. The van der Waals surface area contributed by atoms with Gasteiger partial charge in [-0.25, -0.2) is 43.0 Å². The van der Waals surface area contributed by atoms with Gasteiger partial charge in [0.2, 0.25) is 20.0 Å². The number of amides is 1. The van der Waals surface area contributed by atoms with Crippen molar-refractivity contribution in [3.63, 3.8) is 0 Å². The summed E-state index contributed by atoms with van der Waals surface area (Å²) in [6.45, 7) is 4.53. The van der Waals surface area contributed by atoms with E-state index in [1.807, 2.05) is 4.72 Å². The SMILES string of the molecule is CCCS(=O)(=O)CCCS(=O)(=O)Nc1ccc(F)c(C(=O)Nc2cnc3c(c2)c(C(C)=O)cn3S(=O)(=O)CCC)c1F. The maximum atomic E-state index is 15.2. The topological polar surface area (TPSA) is 178 Å². The number of hydrogen-bond acceptors (Lipinski definition) is 9. The summed E-state index contributed by atoms with van der Waals surface area (Å²) >= 11 is 0. The van der Waals surface area contributed by atoms with E-state index in [1.54, 1.807) is 13.8 Å². The van der Waals surface area contributed by atoms with Gasteiger partial charge < -0.3 is 5.32 Å². The van der Waals surface area contributed by atoms with E-state index in [9.17, 15) is 39.2 Å². The quantitative estimate of drug-likeness (QED) is 0.248. The van der Waals surface area contributed by atoms with Gasteiger partial charge in [-0.15, -0.1) is 0 Å². The van der Waals surface area contributed by atoms with Gasteiger partial charge in [-0.05, 0) is 44.4 Å². The van der Waals surface area contributed by atoms with Crippen LogP contribution < -0.4 is 10.0 Å². The predicted octanol–water partition coefficient (Wildman–Crippen LogP) is 3.31. The average molecular weight is 649 g/mol. The lowest BCUT2D eigenvalue weighted by Crippen LogP contribution is -2.22. The summed E-state index contributed by atoms with van der Waals surface area (Å²) in [4.78, 5) is 29.1. The molecule has 3 aromatic rings. The number of Topliss-reactive ketones (excluding diaryl/α,β-unsaturated/α-hetero) is 1. The zero-order valence-corrected chi connectivity index (χ0v) is 25.4. The van der Waals surface area contributed by atoms with Crippen molar-refractivity contribution >= 4 is 64.0 Å². The van der Waals surface area contributed by atoms with Crippen LogP contribution in [0, 0.1) is 11.6 Å². The van der Waals surface area contributed by atoms with Crippen LogP contribution in [0.15, 0.2) is 30.6 Å². The molecule has 1 amide bonds. The second kappa shape index (κ2) is 12.8. The Morgan fingerprint density at radius 3 is 2.24 bits per heavy atom. The molecule has 230 valence electrons. The molecule has 0 unspecified atom stereocenters. The van der Waals surface area contributed by atoms with Crippen LogP contribution in [-0.4, -0.2) is 68.9 Å². The first kappa shape index (κ1) is 33.1. The lowest BCUT2D eigenvalue weighted by Gasteiger charge is -2.13. The third-order valence-electron chi connectivity index (χ3n) is 5.98. The fourth-order valence-electron chi connectivity index (χ4n) is 4.13. The molecular weight excluding hydrogens is 618 g/mol. The summed E-state index contributed by atoms with van der Waals surface area (Å²) in [6.07, 6.45) is 2.57.